The zero-order valence-electron chi connectivity index (χ0n) is 8.96. The Morgan fingerprint density at radius 3 is 3.08 bits per heavy atom. The zero-order valence-corrected chi connectivity index (χ0v) is 7.96. The van der Waals surface area contributed by atoms with Crippen LogP contribution in [0.5, 0.6) is 0 Å². The van der Waals surface area contributed by atoms with Gasteiger partial charge in [-0.1, -0.05) is 12.8 Å². The normalized spacial score (nSPS) is 36.2. The van der Waals surface area contributed by atoms with Gasteiger partial charge in [0.25, 0.3) is 0 Å². The van der Waals surface area contributed by atoms with Gasteiger partial charge >= 0.3 is 0 Å². The van der Waals surface area contributed by atoms with Gasteiger partial charge in [0.05, 0.1) is 0 Å². The van der Waals surface area contributed by atoms with Crippen LogP contribution in [0.1, 0.15) is 33.5 Å². The van der Waals surface area contributed by atoms with E-state index in [4.69, 9.17) is 7.10 Å². The Morgan fingerprint density at radius 1 is 1.77 bits per heavy atom. The SMILES string of the molecule is [2H]CN1CCC[C@@]1(CC1CC1)C(N)=O. The van der Waals surface area contributed by atoms with Gasteiger partial charge in [0.2, 0.25) is 5.91 Å². The Hall–Kier alpha value is -0.570. The number of likely N-dealkylation sites (tertiary alicyclic amines) is 1. The van der Waals surface area contributed by atoms with E-state index in [0.29, 0.717) is 5.92 Å². The van der Waals surface area contributed by atoms with E-state index in [0.717, 1.165) is 25.8 Å². The number of rotatable bonds is 3. The first kappa shape index (κ1) is 7.80. The fourth-order valence-corrected chi connectivity index (χ4v) is 2.34. The van der Waals surface area contributed by atoms with E-state index in [1.165, 1.54) is 12.8 Å². The highest BCUT2D eigenvalue weighted by Gasteiger charge is 2.47. The third-order valence-electron chi connectivity index (χ3n) is 3.41. The standard InChI is InChI=1S/C10H18N2O/c1-12-6-2-5-10(12,9(11)13)7-8-3-4-8/h8H,2-7H2,1H3,(H2,11,13)/t10-/m1/s1/i1D. The summed E-state index contributed by atoms with van der Waals surface area (Å²) in [6, 6.07) is 0. The Morgan fingerprint density at radius 2 is 2.54 bits per heavy atom. The molecule has 1 atom stereocenters. The predicted octanol–water partition coefficient (Wildman–Crippen LogP) is 0.736. The zero-order chi connectivity index (χ0) is 10.2. The van der Waals surface area contributed by atoms with Crippen molar-refractivity contribution in [1.29, 1.82) is 0 Å². The monoisotopic (exact) mass is 183 g/mol. The maximum Gasteiger partial charge on any atom is 0.237 e. The van der Waals surface area contributed by atoms with Crippen molar-refractivity contribution in [1.82, 2.24) is 4.90 Å². The van der Waals surface area contributed by atoms with E-state index in [2.05, 4.69) is 0 Å². The number of amides is 1. The van der Waals surface area contributed by atoms with E-state index in [1.54, 1.807) is 0 Å². The minimum absolute atomic E-state index is 0.204. The van der Waals surface area contributed by atoms with E-state index in [9.17, 15) is 4.79 Å². The van der Waals surface area contributed by atoms with Crippen LogP contribution in [0.25, 0.3) is 0 Å². The van der Waals surface area contributed by atoms with Gasteiger partial charge in [-0.3, -0.25) is 9.69 Å². The molecule has 2 rings (SSSR count). The second-order valence-electron chi connectivity index (χ2n) is 4.41. The molecule has 2 fully saturated rings. The van der Waals surface area contributed by atoms with E-state index >= 15 is 0 Å². The van der Waals surface area contributed by atoms with Gasteiger partial charge in [0.15, 0.2) is 0 Å². The highest BCUT2D eigenvalue weighted by Crippen LogP contribution is 2.42. The number of primary amides is 1. The maximum absolute atomic E-state index is 11.6. The molecule has 1 saturated heterocycles. The first-order chi connectivity index (χ1) is 6.69. The molecule has 2 aliphatic rings. The fraction of sp³-hybridized carbons (Fsp3) is 0.900. The number of carbonyl (C=O) groups is 1. The number of likely N-dealkylation sites (N-methyl/N-ethyl adjacent to an activating group) is 1. The molecule has 1 amide bonds. The minimum atomic E-state index is -0.469. The molecule has 1 aliphatic heterocycles. The molecule has 3 heteroatoms. The summed E-state index contributed by atoms with van der Waals surface area (Å²) >= 11 is 0. The summed E-state index contributed by atoms with van der Waals surface area (Å²) in [6.45, 7) is 0.860. The molecule has 1 saturated carbocycles. The second-order valence-corrected chi connectivity index (χ2v) is 4.41. The number of hydrogen-bond acceptors (Lipinski definition) is 2. The number of carbonyl (C=O) groups excluding carboxylic acids is 1. The largest absolute Gasteiger partial charge is 0.368 e. The van der Waals surface area contributed by atoms with Crippen LogP contribution in [0, 0.1) is 5.92 Å². The van der Waals surface area contributed by atoms with Gasteiger partial charge in [0.1, 0.15) is 5.54 Å². The lowest BCUT2D eigenvalue weighted by molar-refractivity contribution is -0.128. The number of hydrogen-bond donors (Lipinski definition) is 1. The van der Waals surface area contributed by atoms with E-state index < -0.39 is 5.54 Å². The summed E-state index contributed by atoms with van der Waals surface area (Å²) in [5.74, 6) is 0.476. The Labute approximate surface area is 80.7 Å². The topological polar surface area (TPSA) is 46.3 Å². The van der Waals surface area contributed by atoms with Crippen LogP contribution in [0.4, 0.5) is 0 Å². The van der Waals surface area contributed by atoms with Gasteiger partial charge < -0.3 is 5.73 Å². The van der Waals surface area contributed by atoms with Crippen molar-refractivity contribution in [2.75, 3.05) is 13.6 Å². The van der Waals surface area contributed by atoms with Crippen molar-refractivity contribution in [2.45, 2.75) is 37.6 Å². The average molecular weight is 183 g/mol. The van der Waals surface area contributed by atoms with Crippen LogP contribution >= 0.6 is 0 Å². The van der Waals surface area contributed by atoms with Gasteiger partial charge in [-0.2, -0.15) is 0 Å². The molecule has 3 nitrogen and oxygen atoms in total. The highest BCUT2D eigenvalue weighted by atomic mass is 16.1. The molecule has 0 spiro atoms. The molecule has 13 heavy (non-hydrogen) atoms. The van der Waals surface area contributed by atoms with Crippen molar-refractivity contribution < 1.29 is 6.17 Å². The van der Waals surface area contributed by atoms with E-state index in [-0.39, 0.29) is 12.9 Å². The van der Waals surface area contributed by atoms with Crippen LogP contribution in [-0.4, -0.2) is 29.9 Å². The van der Waals surface area contributed by atoms with Crippen LogP contribution in [-0.2, 0) is 4.79 Å². The number of nitrogens with two attached hydrogens (primary N) is 1. The van der Waals surface area contributed by atoms with Crippen molar-refractivity contribution in [3.8, 4) is 0 Å². The molecule has 0 aromatic carbocycles. The molecule has 0 aromatic heterocycles. The van der Waals surface area contributed by atoms with Crippen LogP contribution in [0.15, 0.2) is 0 Å². The highest BCUT2D eigenvalue weighted by molar-refractivity contribution is 5.85. The molecule has 0 unspecified atom stereocenters. The molecule has 0 bridgehead atoms. The lowest BCUT2D eigenvalue weighted by atomic mass is 9.89. The summed E-state index contributed by atoms with van der Waals surface area (Å²) in [5.41, 5.74) is 5.04. The third kappa shape index (κ3) is 1.46. The first-order valence-electron chi connectivity index (χ1n) is 5.74. The fourth-order valence-electron chi connectivity index (χ4n) is 2.34. The molecule has 0 radical (unpaired) electrons. The molecular formula is C10H18N2O. The van der Waals surface area contributed by atoms with Gasteiger partial charge in [0, 0.05) is 1.37 Å². The molecule has 1 aliphatic carbocycles. The van der Waals surface area contributed by atoms with Crippen molar-refractivity contribution in [3.63, 3.8) is 0 Å². The summed E-state index contributed by atoms with van der Waals surface area (Å²) in [5, 5.41) is 0. The Kier molecular flexibility index (Phi) is 1.79. The third-order valence-corrected chi connectivity index (χ3v) is 3.41. The first-order valence-corrected chi connectivity index (χ1v) is 5.03. The lowest BCUT2D eigenvalue weighted by Gasteiger charge is -2.33. The minimum Gasteiger partial charge on any atom is -0.368 e. The molecular weight excluding hydrogens is 164 g/mol. The Bertz CT molecular complexity index is 242. The second kappa shape index (κ2) is 2.98. The quantitative estimate of drug-likeness (QED) is 0.701. The maximum atomic E-state index is 11.6. The smallest absolute Gasteiger partial charge is 0.237 e. The van der Waals surface area contributed by atoms with Crippen molar-refractivity contribution in [2.24, 2.45) is 11.7 Å². The summed E-state index contributed by atoms with van der Waals surface area (Å²) in [4.78, 5) is 13.5. The molecule has 1 heterocycles. The van der Waals surface area contributed by atoms with Gasteiger partial charge in [-0.15, -0.1) is 0 Å². The van der Waals surface area contributed by atoms with Gasteiger partial charge in [-0.05, 0) is 38.7 Å². The lowest BCUT2D eigenvalue weighted by Crippen LogP contribution is -2.52. The summed E-state index contributed by atoms with van der Waals surface area (Å²) < 4.78 is 7.43. The predicted molar refractivity (Wildman–Crippen MR) is 51.1 cm³/mol. The number of nitrogens with zero attached hydrogens (tertiary/aromatic N) is 1. The van der Waals surface area contributed by atoms with Crippen LogP contribution in [0.2, 0.25) is 0 Å². The average Bonchev–Trinajstić information content (AvgIpc) is 2.83. The molecule has 2 N–H and O–H groups in total. The van der Waals surface area contributed by atoms with Crippen LogP contribution < -0.4 is 5.73 Å². The molecule has 0 aromatic rings. The summed E-state index contributed by atoms with van der Waals surface area (Å²) in [7, 11) is 0.204. The Balaban J connectivity index is 2.14. The molecule has 74 valence electrons. The van der Waals surface area contributed by atoms with Crippen molar-refractivity contribution in [3.05, 3.63) is 0 Å². The van der Waals surface area contributed by atoms with Gasteiger partial charge in [-0.25, -0.2) is 0 Å². The van der Waals surface area contributed by atoms with E-state index in [1.807, 2.05) is 4.90 Å². The summed E-state index contributed by atoms with van der Waals surface area (Å²) in [6.07, 6.45) is 5.23. The van der Waals surface area contributed by atoms with Crippen LogP contribution in [0.3, 0.4) is 0 Å². The van der Waals surface area contributed by atoms with Crippen molar-refractivity contribution >= 4 is 5.91 Å².